The molecule has 3 heteroatoms. The zero-order valence-electron chi connectivity index (χ0n) is 9.53. The van der Waals surface area contributed by atoms with E-state index in [1.807, 2.05) is 17.6 Å². The molecule has 0 saturated carbocycles. The molecule has 2 rings (SSSR count). The van der Waals surface area contributed by atoms with Crippen LogP contribution in [-0.4, -0.2) is 15.6 Å². The second-order valence-corrected chi connectivity index (χ2v) is 3.83. The lowest BCUT2D eigenvalue weighted by atomic mass is 10.1. The number of aromatic nitrogens is 1. The van der Waals surface area contributed by atoms with Gasteiger partial charge in [-0.1, -0.05) is 13.0 Å². The van der Waals surface area contributed by atoms with Crippen molar-refractivity contribution in [3.63, 3.8) is 0 Å². The quantitative estimate of drug-likeness (QED) is 0.858. The summed E-state index contributed by atoms with van der Waals surface area (Å²) in [5.74, 6) is -0.865. The second kappa shape index (κ2) is 4.00. The Morgan fingerprint density at radius 2 is 2.06 bits per heavy atom. The summed E-state index contributed by atoms with van der Waals surface area (Å²) >= 11 is 0. The SMILES string of the molecule is CCc1ccc2c(c1)cc(C(=O)O)n2CC. The molecule has 2 aromatic rings. The molecule has 0 saturated heterocycles. The topological polar surface area (TPSA) is 42.2 Å². The number of carboxylic acid groups (broad SMARTS) is 1. The molecule has 1 N–H and O–H groups in total. The highest BCUT2D eigenvalue weighted by molar-refractivity contribution is 5.94. The normalized spacial score (nSPS) is 10.9. The molecule has 0 bridgehead atoms. The van der Waals surface area contributed by atoms with Crippen LogP contribution in [0.5, 0.6) is 0 Å². The summed E-state index contributed by atoms with van der Waals surface area (Å²) in [6.45, 7) is 4.73. The van der Waals surface area contributed by atoms with Crippen molar-refractivity contribution in [1.29, 1.82) is 0 Å². The van der Waals surface area contributed by atoms with E-state index in [4.69, 9.17) is 5.11 Å². The Bertz CT molecular complexity index is 540. The van der Waals surface area contributed by atoms with Gasteiger partial charge in [-0.05, 0) is 37.1 Å². The smallest absolute Gasteiger partial charge is 0.352 e. The van der Waals surface area contributed by atoms with Crippen LogP contribution in [0.2, 0.25) is 0 Å². The number of aromatic carboxylic acids is 1. The van der Waals surface area contributed by atoms with Crippen LogP contribution < -0.4 is 0 Å². The van der Waals surface area contributed by atoms with Crippen molar-refractivity contribution in [3.05, 3.63) is 35.5 Å². The number of carboxylic acids is 1. The molecule has 0 aliphatic heterocycles. The number of fused-ring (bicyclic) bond motifs is 1. The van der Waals surface area contributed by atoms with Gasteiger partial charge in [0.2, 0.25) is 0 Å². The molecule has 0 spiro atoms. The molecule has 0 aliphatic rings. The van der Waals surface area contributed by atoms with Crippen LogP contribution in [0.1, 0.15) is 29.9 Å². The zero-order chi connectivity index (χ0) is 11.7. The lowest BCUT2D eigenvalue weighted by Gasteiger charge is -2.04. The first-order valence-corrected chi connectivity index (χ1v) is 5.52. The van der Waals surface area contributed by atoms with Gasteiger partial charge in [-0.3, -0.25) is 0 Å². The van der Waals surface area contributed by atoms with Gasteiger partial charge in [0.15, 0.2) is 0 Å². The number of hydrogen-bond acceptors (Lipinski definition) is 1. The second-order valence-electron chi connectivity index (χ2n) is 3.83. The fourth-order valence-electron chi connectivity index (χ4n) is 2.06. The van der Waals surface area contributed by atoms with E-state index in [1.165, 1.54) is 5.56 Å². The van der Waals surface area contributed by atoms with Gasteiger partial charge in [0.1, 0.15) is 5.69 Å². The first kappa shape index (κ1) is 10.7. The Labute approximate surface area is 94.3 Å². The zero-order valence-corrected chi connectivity index (χ0v) is 9.53. The average molecular weight is 217 g/mol. The van der Waals surface area contributed by atoms with E-state index in [-0.39, 0.29) is 0 Å². The van der Waals surface area contributed by atoms with Gasteiger partial charge in [0.05, 0.1) is 0 Å². The Hall–Kier alpha value is -1.77. The molecular formula is C13H15NO2. The molecular weight excluding hydrogens is 202 g/mol. The molecule has 0 amide bonds. The van der Waals surface area contributed by atoms with Crippen LogP contribution in [0.3, 0.4) is 0 Å². The van der Waals surface area contributed by atoms with Gasteiger partial charge in [-0.2, -0.15) is 0 Å². The maximum absolute atomic E-state index is 11.1. The molecule has 0 radical (unpaired) electrons. The van der Waals surface area contributed by atoms with Crippen LogP contribution in [0, 0.1) is 0 Å². The van der Waals surface area contributed by atoms with Gasteiger partial charge >= 0.3 is 5.97 Å². The molecule has 84 valence electrons. The molecule has 0 aliphatic carbocycles. The van der Waals surface area contributed by atoms with Crippen molar-refractivity contribution < 1.29 is 9.90 Å². The van der Waals surface area contributed by atoms with Crippen LogP contribution in [0.15, 0.2) is 24.3 Å². The van der Waals surface area contributed by atoms with Gasteiger partial charge in [0.25, 0.3) is 0 Å². The van der Waals surface area contributed by atoms with Crippen LogP contribution in [-0.2, 0) is 13.0 Å². The summed E-state index contributed by atoms with van der Waals surface area (Å²) in [5.41, 5.74) is 2.60. The third-order valence-electron chi connectivity index (χ3n) is 2.91. The molecule has 3 nitrogen and oxygen atoms in total. The van der Waals surface area contributed by atoms with E-state index >= 15 is 0 Å². The number of carbonyl (C=O) groups is 1. The van der Waals surface area contributed by atoms with Crippen molar-refractivity contribution >= 4 is 16.9 Å². The third-order valence-corrected chi connectivity index (χ3v) is 2.91. The molecule has 1 aromatic heterocycles. The summed E-state index contributed by atoms with van der Waals surface area (Å²) in [7, 11) is 0. The summed E-state index contributed by atoms with van der Waals surface area (Å²) < 4.78 is 1.83. The molecule has 1 aromatic carbocycles. The van der Waals surface area contributed by atoms with Crippen molar-refractivity contribution in [2.75, 3.05) is 0 Å². The Morgan fingerprint density at radius 1 is 1.31 bits per heavy atom. The molecule has 16 heavy (non-hydrogen) atoms. The lowest BCUT2D eigenvalue weighted by molar-refractivity contribution is 0.0686. The van der Waals surface area contributed by atoms with E-state index in [0.29, 0.717) is 12.2 Å². The van der Waals surface area contributed by atoms with E-state index in [0.717, 1.165) is 17.3 Å². The molecule has 1 heterocycles. The number of nitrogens with zero attached hydrogens (tertiary/aromatic N) is 1. The monoisotopic (exact) mass is 217 g/mol. The number of aryl methyl sites for hydroxylation is 2. The highest BCUT2D eigenvalue weighted by Gasteiger charge is 2.13. The number of benzene rings is 1. The Kier molecular flexibility index (Phi) is 2.69. The summed E-state index contributed by atoms with van der Waals surface area (Å²) in [5, 5.41) is 10.1. The predicted molar refractivity (Wildman–Crippen MR) is 63.9 cm³/mol. The standard InChI is InChI=1S/C13H15NO2/c1-3-9-5-6-11-10(7-9)8-12(13(15)16)14(11)4-2/h5-8H,3-4H2,1-2H3,(H,15,16). The first-order chi connectivity index (χ1) is 7.67. The minimum atomic E-state index is -0.865. The largest absolute Gasteiger partial charge is 0.477 e. The minimum Gasteiger partial charge on any atom is -0.477 e. The third kappa shape index (κ3) is 1.58. The van der Waals surface area contributed by atoms with Crippen LogP contribution in [0.4, 0.5) is 0 Å². The van der Waals surface area contributed by atoms with Gasteiger partial charge < -0.3 is 9.67 Å². The van der Waals surface area contributed by atoms with Crippen LogP contribution >= 0.6 is 0 Å². The Balaban J connectivity index is 2.71. The van der Waals surface area contributed by atoms with E-state index < -0.39 is 5.97 Å². The van der Waals surface area contributed by atoms with Gasteiger partial charge in [-0.15, -0.1) is 0 Å². The molecule has 0 atom stereocenters. The summed E-state index contributed by atoms with van der Waals surface area (Å²) in [6, 6.07) is 7.87. The maximum Gasteiger partial charge on any atom is 0.352 e. The highest BCUT2D eigenvalue weighted by Crippen LogP contribution is 2.21. The summed E-state index contributed by atoms with van der Waals surface area (Å²) in [4.78, 5) is 11.1. The number of rotatable bonds is 3. The maximum atomic E-state index is 11.1. The lowest BCUT2D eigenvalue weighted by Crippen LogP contribution is -2.06. The minimum absolute atomic E-state index is 0.366. The Morgan fingerprint density at radius 3 is 2.62 bits per heavy atom. The van der Waals surface area contributed by atoms with Crippen molar-refractivity contribution in [2.24, 2.45) is 0 Å². The van der Waals surface area contributed by atoms with E-state index in [9.17, 15) is 4.79 Å². The predicted octanol–water partition coefficient (Wildman–Crippen LogP) is 2.92. The van der Waals surface area contributed by atoms with Crippen LogP contribution in [0.25, 0.3) is 10.9 Å². The van der Waals surface area contributed by atoms with E-state index in [2.05, 4.69) is 19.1 Å². The molecule has 0 fully saturated rings. The fraction of sp³-hybridized carbons (Fsp3) is 0.308. The van der Waals surface area contributed by atoms with E-state index in [1.54, 1.807) is 6.07 Å². The number of hydrogen-bond donors (Lipinski definition) is 1. The fourth-order valence-corrected chi connectivity index (χ4v) is 2.06. The highest BCUT2D eigenvalue weighted by atomic mass is 16.4. The van der Waals surface area contributed by atoms with Gasteiger partial charge in [0, 0.05) is 17.4 Å². The van der Waals surface area contributed by atoms with Gasteiger partial charge in [-0.25, -0.2) is 4.79 Å². The van der Waals surface area contributed by atoms with Crippen molar-refractivity contribution in [2.45, 2.75) is 26.8 Å². The van der Waals surface area contributed by atoms with Crippen molar-refractivity contribution in [3.8, 4) is 0 Å². The molecule has 0 unspecified atom stereocenters. The first-order valence-electron chi connectivity index (χ1n) is 5.52. The van der Waals surface area contributed by atoms with Crippen molar-refractivity contribution in [1.82, 2.24) is 4.57 Å². The summed E-state index contributed by atoms with van der Waals surface area (Å²) in [6.07, 6.45) is 0.968. The average Bonchev–Trinajstić information content (AvgIpc) is 2.66.